The fourth-order valence-electron chi connectivity index (χ4n) is 2.02. The second-order valence-corrected chi connectivity index (χ2v) is 3.59. The van der Waals surface area contributed by atoms with Crippen LogP contribution in [0.1, 0.15) is 18.1 Å². The van der Waals surface area contributed by atoms with Crippen molar-refractivity contribution in [3.05, 3.63) is 23.3 Å². The molecule has 1 N–H and O–H groups in total. The maximum Gasteiger partial charge on any atom is 0.164 e. The molecule has 0 unspecified atom stereocenters. The third-order valence-electron chi connectivity index (χ3n) is 2.69. The number of hydrogen-bond acceptors (Lipinski definition) is 3. The van der Waals surface area contributed by atoms with Crippen molar-refractivity contribution < 1.29 is 9.47 Å². The van der Waals surface area contributed by atoms with Crippen molar-refractivity contribution in [1.29, 1.82) is 0 Å². The van der Waals surface area contributed by atoms with Crippen LogP contribution in [-0.2, 0) is 13.0 Å². The van der Waals surface area contributed by atoms with Gasteiger partial charge in [0.15, 0.2) is 11.5 Å². The predicted octanol–water partition coefficient (Wildman–Crippen LogP) is 2.16. The van der Waals surface area contributed by atoms with Crippen LogP contribution in [0, 0.1) is 0 Å². The van der Waals surface area contributed by atoms with Gasteiger partial charge in [0.25, 0.3) is 0 Å². The van der Waals surface area contributed by atoms with Gasteiger partial charge in [-0.1, -0.05) is 6.07 Å². The topological polar surface area (TPSA) is 30.5 Å². The molecule has 1 aromatic carbocycles. The summed E-state index contributed by atoms with van der Waals surface area (Å²) < 4.78 is 11.0. The summed E-state index contributed by atoms with van der Waals surface area (Å²) in [6, 6.07) is 4.11. The number of halogens is 1. The van der Waals surface area contributed by atoms with Crippen molar-refractivity contribution in [2.45, 2.75) is 19.9 Å². The van der Waals surface area contributed by atoms with Crippen LogP contribution in [0.5, 0.6) is 11.5 Å². The quantitative estimate of drug-likeness (QED) is 0.883. The Balaban J connectivity index is 0.00000128. The Hall–Kier alpha value is -0.930. The molecule has 0 aliphatic carbocycles. The average Bonchev–Trinajstić information content (AvgIpc) is 2.29. The Bertz CT molecular complexity index is 355. The molecular formula is C12H18ClNO2. The largest absolute Gasteiger partial charge is 0.493 e. The Morgan fingerprint density at radius 3 is 2.88 bits per heavy atom. The van der Waals surface area contributed by atoms with E-state index in [1.165, 1.54) is 11.1 Å². The molecule has 1 aliphatic rings. The second kappa shape index (κ2) is 5.97. The van der Waals surface area contributed by atoms with Gasteiger partial charge in [0, 0.05) is 12.1 Å². The molecule has 16 heavy (non-hydrogen) atoms. The van der Waals surface area contributed by atoms with Crippen LogP contribution in [0.4, 0.5) is 0 Å². The summed E-state index contributed by atoms with van der Waals surface area (Å²) in [4.78, 5) is 0. The lowest BCUT2D eigenvalue weighted by Crippen LogP contribution is -2.24. The van der Waals surface area contributed by atoms with E-state index in [0.717, 1.165) is 31.0 Å². The zero-order valence-corrected chi connectivity index (χ0v) is 10.5. The lowest BCUT2D eigenvalue weighted by atomic mass is 9.99. The Morgan fingerprint density at radius 2 is 2.19 bits per heavy atom. The summed E-state index contributed by atoms with van der Waals surface area (Å²) in [7, 11) is 1.71. The maximum atomic E-state index is 5.55. The minimum atomic E-state index is 0. The van der Waals surface area contributed by atoms with E-state index < -0.39 is 0 Å². The van der Waals surface area contributed by atoms with Gasteiger partial charge in [0.2, 0.25) is 0 Å². The van der Waals surface area contributed by atoms with Crippen LogP contribution < -0.4 is 14.8 Å². The molecule has 0 radical (unpaired) electrons. The summed E-state index contributed by atoms with van der Waals surface area (Å²) in [5.74, 6) is 1.77. The molecule has 0 saturated carbocycles. The Labute approximate surface area is 103 Å². The van der Waals surface area contributed by atoms with Gasteiger partial charge in [-0.3, -0.25) is 0 Å². The fourth-order valence-corrected chi connectivity index (χ4v) is 2.02. The van der Waals surface area contributed by atoms with E-state index in [2.05, 4.69) is 11.4 Å². The number of fused-ring (bicyclic) bond motifs is 1. The van der Waals surface area contributed by atoms with Crippen molar-refractivity contribution in [2.24, 2.45) is 0 Å². The third kappa shape index (κ3) is 2.42. The first kappa shape index (κ1) is 13.1. The highest BCUT2D eigenvalue weighted by atomic mass is 35.5. The summed E-state index contributed by atoms with van der Waals surface area (Å²) in [6.45, 7) is 4.60. The molecule has 4 heteroatoms. The molecule has 0 saturated heterocycles. The standard InChI is InChI=1S/C12H17NO2.ClH/c1-3-15-11-5-4-9-8-13-7-6-10(9)12(11)14-2;/h4-5,13H,3,6-8H2,1-2H3;1H. The van der Waals surface area contributed by atoms with Crippen LogP contribution in [0.2, 0.25) is 0 Å². The highest BCUT2D eigenvalue weighted by Gasteiger charge is 2.17. The monoisotopic (exact) mass is 243 g/mol. The van der Waals surface area contributed by atoms with Crippen LogP contribution in [0.15, 0.2) is 12.1 Å². The number of hydrogen-bond donors (Lipinski definition) is 1. The van der Waals surface area contributed by atoms with Crippen LogP contribution in [0.3, 0.4) is 0 Å². The molecule has 90 valence electrons. The average molecular weight is 244 g/mol. The van der Waals surface area contributed by atoms with E-state index >= 15 is 0 Å². The Kier molecular flexibility index (Phi) is 4.90. The van der Waals surface area contributed by atoms with Gasteiger partial charge < -0.3 is 14.8 Å². The number of nitrogens with one attached hydrogen (secondary N) is 1. The lowest BCUT2D eigenvalue weighted by molar-refractivity contribution is 0.308. The molecule has 1 aromatic rings. The van der Waals surface area contributed by atoms with Crippen LogP contribution in [-0.4, -0.2) is 20.3 Å². The smallest absolute Gasteiger partial charge is 0.164 e. The van der Waals surface area contributed by atoms with Crippen molar-refractivity contribution in [1.82, 2.24) is 5.32 Å². The summed E-state index contributed by atoms with van der Waals surface area (Å²) in [5, 5.41) is 3.35. The predicted molar refractivity (Wildman–Crippen MR) is 66.8 cm³/mol. The molecule has 2 rings (SSSR count). The van der Waals surface area contributed by atoms with Crippen molar-refractivity contribution in [3.63, 3.8) is 0 Å². The van der Waals surface area contributed by atoms with Gasteiger partial charge in [-0.25, -0.2) is 0 Å². The molecule has 0 aromatic heterocycles. The summed E-state index contributed by atoms with van der Waals surface area (Å²) >= 11 is 0. The molecule has 0 atom stereocenters. The van der Waals surface area contributed by atoms with Gasteiger partial charge in [0.05, 0.1) is 13.7 Å². The van der Waals surface area contributed by atoms with E-state index in [1.54, 1.807) is 7.11 Å². The number of rotatable bonds is 3. The number of benzene rings is 1. The zero-order valence-electron chi connectivity index (χ0n) is 9.71. The number of ether oxygens (including phenoxy) is 2. The normalized spacial score (nSPS) is 13.6. The zero-order chi connectivity index (χ0) is 10.7. The molecule has 0 amide bonds. The molecule has 1 aliphatic heterocycles. The van der Waals surface area contributed by atoms with E-state index in [-0.39, 0.29) is 12.4 Å². The second-order valence-electron chi connectivity index (χ2n) is 3.59. The first-order valence-corrected chi connectivity index (χ1v) is 5.39. The first-order valence-electron chi connectivity index (χ1n) is 5.39. The summed E-state index contributed by atoms with van der Waals surface area (Å²) in [6.07, 6.45) is 1.01. The first-order chi connectivity index (χ1) is 7.36. The SMILES string of the molecule is CCOc1ccc2c(c1OC)CCNC2.Cl. The van der Waals surface area contributed by atoms with Gasteiger partial charge in [-0.05, 0) is 31.5 Å². The summed E-state index contributed by atoms with van der Waals surface area (Å²) in [5.41, 5.74) is 2.61. The molecule has 0 spiro atoms. The molecular weight excluding hydrogens is 226 g/mol. The van der Waals surface area contributed by atoms with Crippen molar-refractivity contribution >= 4 is 12.4 Å². The highest BCUT2D eigenvalue weighted by Crippen LogP contribution is 2.35. The minimum absolute atomic E-state index is 0. The van der Waals surface area contributed by atoms with Crippen LogP contribution >= 0.6 is 12.4 Å². The number of methoxy groups -OCH3 is 1. The molecule has 0 bridgehead atoms. The molecule has 0 fully saturated rings. The van der Waals surface area contributed by atoms with E-state index in [4.69, 9.17) is 9.47 Å². The van der Waals surface area contributed by atoms with Gasteiger partial charge in [-0.15, -0.1) is 12.4 Å². The lowest BCUT2D eigenvalue weighted by Gasteiger charge is -2.21. The van der Waals surface area contributed by atoms with E-state index in [9.17, 15) is 0 Å². The van der Waals surface area contributed by atoms with Crippen molar-refractivity contribution in [3.8, 4) is 11.5 Å². The fraction of sp³-hybridized carbons (Fsp3) is 0.500. The molecule has 1 heterocycles. The van der Waals surface area contributed by atoms with Gasteiger partial charge in [0.1, 0.15) is 0 Å². The maximum absolute atomic E-state index is 5.55. The Morgan fingerprint density at radius 1 is 1.38 bits per heavy atom. The van der Waals surface area contributed by atoms with Crippen molar-refractivity contribution in [2.75, 3.05) is 20.3 Å². The van der Waals surface area contributed by atoms with Gasteiger partial charge >= 0.3 is 0 Å². The van der Waals surface area contributed by atoms with Crippen LogP contribution in [0.25, 0.3) is 0 Å². The third-order valence-corrected chi connectivity index (χ3v) is 2.69. The van der Waals surface area contributed by atoms with E-state index in [1.807, 2.05) is 13.0 Å². The highest BCUT2D eigenvalue weighted by molar-refractivity contribution is 5.85. The molecule has 3 nitrogen and oxygen atoms in total. The van der Waals surface area contributed by atoms with Gasteiger partial charge in [-0.2, -0.15) is 0 Å². The minimum Gasteiger partial charge on any atom is -0.493 e. The van der Waals surface area contributed by atoms with E-state index in [0.29, 0.717) is 6.61 Å².